The van der Waals surface area contributed by atoms with Crippen molar-refractivity contribution < 1.29 is 0 Å². The van der Waals surface area contributed by atoms with Crippen LogP contribution in [0.3, 0.4) is 0 Å². The van der Waals surface area contributed by atoms with Crippen LogP contribution >= 0.6 is 0 Å². The summed E-state index contributed by atoms with van der Waals surface area (Å²) >= 11 is 0. The van der Waals surface area contributed by atoms with Gasteiger partial charge < -0.3 is 0 Å². The first kappa shape index (κ1) is 12.0. The Bertz CT molecular complexity index is 241. The topological polar surface area (TPSA) is 0 Å². The fraction of sp³-hybridized carbons (Fsp3) is 0.750. The molecule has 0 spiro atoms. The Morgan fingerprint density at radius 1 is 1.00 bits per heavy atom. The lowest BCUT2D eigenvalue weighted by Crippen LogP contribution is -1.93. The molecule has 0 unspecified atom stereocenters. The van der Waals surface area contributed by atoms with E-state index in [0.29, 0.717) is 0 Å². The summed E-state index contributed by atoms with van der Waals surface area (Å²) in [6, 6.07) is 0. The molecule has 1 fully saturated rings. The van der Waals surface area contributed by atoms with E-state index >= 15 is 0 Å². The van der Waals surface area contributed by atoms with Crippen molar-refractivity contribution >= 4 is 0 Å². The highest BCUT2D eigenvalue weighted by Gasteiger charge is 2.13. The van der Waals surface area contributed by atoms with Crippen molar-refractivity contribution in [2.45, 2.75) is 70.6 Å². The predicted octanol–water partition coefficient (Wildman–Crippen LogP) is 5.40. The Labute approximate surface area is 101 Å². The van der Waals surface area contributed by atoms with Gasteiger partial charge in [-0.05, 0) is 31.6 Å². The van der Waals surface area contributed by atoms with Gasteiger partial charge >= 0.3 is 0 Å². The van der Waals surface area contributed by atoms with Crippen molar-refractivity contribution in [3.8, 4) is 0 Å². The van der Waals surface area contributed by atoms with Crippen LogP contribution < -0.4 is 0 Å². The third-order valence-electron chi connectivity index (χ3n) is 4.12. The average Bonchev–Trinajstić information content (AvgIpc) is 2.83. The van der Waals surface area contributed by atoms with Crippen LogP contribution in [0.4, 0.5) is 0 Å². The molecule has 0 bridgehead atoms. The molecule has 0 aliphatic heterocycles. The summed E-state index contributed by atoms with van der Waals surface area (Å²) in [7, 11) is 0. The zero-order chi connectivity index (χ0) is 11.1. The Hall–Kier alpha value is -0.520. The third-order valence-corrected chi connectivity index (χ3v) is 4.12. The van der Waals surface area contributed by atoms with Gasteiger partial charge in [-0.25, -0.2) is 0 Å². The molecule has 0 aromatic carbocycles. The molecule has 0 N–H and O–H groups in total. The lowest BCUT2D eigenvalue weighted by Gasteiger charge is -2.09. The highest BCUT2D eigenvalue weighted by atomic mass is 14.2. The zero-order valence-corrected chi connectivity index (χ0v) is 10.6. The third kappa shape index (κ3) is 4.15. The van der Waals surface area contributed by atoms with E-state index in [-0.39, 0.29) is 0 Å². The van der Waals surface area contributed by atoms with E-state index in [9.17, 15) is 0 Å². The van der Waals surface area contributed by atoms with Crippen LogP contribution in [-0.4, -0.2) is 0 Å². The first-order valence-electron chi connectivity index (χ1n) is 7.31. The van der Waals surface area contributed by atoms with Gasteiger partial charge in [0.05, 0.1) is 0 Å². The van der Waals surface area contributed by atoms with Crippen LogP contribution in [0.5, 0.6) is 0 Å². The van der Waals surface area contributed by atoms with Crippen molar-refractivity contribution in [3.63, 3.8) is 0 Å². The maximum absolute atomic E-state index is 2.43. The Morgan fingerprint density at radius 2 is 1.88 bits per heavy atom. The van der Waals surface area contributed by atoms with Gasteiger partial charge in [-0.15, -0.1) is 0 Å². The first-order chi connectivity index (χ1) is 7.95. The highest BCUT2D eigenvalue weighted by Crippen LogP contribution is 2.29. The second-order valence-corrected chi connectivity index (χ2v) is 5.51. The van der Waals surface area contributed by atoms with E-state index < -0.39 is 0 Å². The number of unbranched alkanes of at least 4 members (excludes halogenated alkanes) is 2. The summed E-state index contributed by atoms with van der Waals surface area (Å²) in [6.07, 6.45) is 22.8. The Kier molecular flexibility index (Phi) is 5.18. The van der Waals surface area contributed by atoms with Gasteiger partial charge in [0.15, 0.2) is 0 Å². The minimum atomic E-state index is 1.09. The van der Waals surface area contributed by atoms with E-state index in [0.717, 1.165) is 5.92 Å². The Morgan fingerprint density at radius 3 is 2.62 bits per heavy atom. The number of allylic oxidation sites excluding steroid dienone is 4. The monoisotopic (exact) mass is 218 g/mol. The van der Waals surface area contributed by atoms with E-state index in [4.69, 9.17) is 0 Å². The predicted molar refractivity (Wildman–Crippen MR) is 71.5 cm³/mol. The molecule has 1 saturated carbocycles. The number of hydrogen-bond donors (Lipinski definition) is 0. The standard InChI is InChI=1S/C16H26/c1-3-9-15(10-4-1)11-5-2-6-12-16-13-7-8-14-16/h3,9-10,16H,1-2,4-8,11-14H2. The van der Waals surface area contributed by atoms with Crippen molar-refractivity contribution in [1.82, 2.24) is 0 Å². The molecule has 0 aromatic heterocycles. The fourth-order valence-electron chi connectivity index (χ4n) is 3.09. The smallest absolute Gasteiger partial charge is 0.0282 e. The van der Waals surface area contributed by atoms with Gasteiger partial charge in [-0.2, -0.15) is 0 Å². The van der Waals surface area contributed by atoms with Crippen molar-refractivity contribution in [2.24, 2.45) is 5.92 Å². The molecule has 0 nitrogen and oxygen atoms in total. The van der Waals surface area contributed by atoms with Gasteiger partial charge in [0.2, 0.25) is 0 Å². The average molecular weight is 218 g/mol. The quantitative estimate of drug-likeness (QED) is 0.523. The summed E-state index contributed by atoms with van der Waals surface area (Å²) < 4.78 is 0. The van der Waals surface area contributed by atoms with Gasteiger partial charge in [0, 0.05) is 0 Å². The van der Waals surface area contributed by atoms with Gasteiger partial charge in [0.1, 0.15) is 0 Å². The van der Waals surface area contributed by atoms with Crippen molar-refractivity contribution in [2.75, 3.05) is 0 Å². The molecule has 0 heterocycles. The Balaban J connectivity index is 1.48. The van der Waals surface area contributed by atoms with Crippen molar-refractivity contribution in [1.29, 1.82) is 0 Å². The summed E-state index contributed by atoms with van der Waals surface area (Å²) in [5.41, 5.74) is 1.59. The van der Waals surface area contributed by atoms with E-state index in [1.807, 2.05) is 0 Å². The molecule has 0 heteroatoms. The summed E-state index contributed by atoms with van der Waals surface area (Å²) in [6.45, 7) is 0. The van der Waals surface area contributed by atoms with Gasteiger partial charge in [0.25, 0.3) is 0 Å². The first-order valence-corrected chi connectivity index (χ1v) is 7.31. The van der Waals surface area contributed by atoms with E-state index in [1.165, 1.54) is 70.6 Å². The summed E-state index contributed by atoms with van der Waals surface area (Å²) in [5, 5.41) is 0. The fourth-order valence-corrected chi connectivity index (χ4v) is 3.09. The second-order valence-electron chi connectivity index (χ2n) is 5.51. The van der Waals surface area contributed by atoms with Crippen LogP contribution in [0.2, 0.25) is 0 Å². The van der Waals surface area contributed by atoms with Crippen LogP contribution in [0.1, 0.15) is 70.6 Å². The molecule has 0 saturated heterocycles. The molecule has 2 rings (SSSR count). The SMILES string of the molecule is C1=CC(CCCCCC2CCCC2)=CCC1. The van der Waals surface area contributed by atoms with Crippen LogP contribution in [0, 0.1) is 5.92 Å². The maximum atomic E-state index is 2.43. The minimum absolute atomic E-state index is 1.09. The normalized spacial score (nSPS) is 21.4. The molecule has 0 radical (unpaired) electrons. The summed E-state index contributed by atoms with van der Waals surface area (Å²) in [5.74, 6) is 1.09. The largest absolute Gasteiger partial charge is 0.0840 e. The molecular weight excluding hydrogens is 192 g/mol. The second kappa shape index (κ2) is 6.93. The molecule has 0 aromatic rings. The molecule has 90 valence electrons. The van der Waals surface area contributed by atoms with Gasteiger partial charge in [-0.1, -0.05) is 68.7 Å². The van der Waals surface area contributed by atoms with Crippen LogP contribution in [0.15, 0.2) is 23.8 Å². The van der Waals surface area contributed by atoms with E-state index in [2.05, 4.69) is 18.2 Å². The van der Waals surface area contributed by atoms with Crippen LogP contribution in [-0.2, 0) is 0 Å². The minimum Gasteiger partial charge on any atom is -0.0840 e. The molecule has 0 amide bonds. The summed E-state index contributed by atoms with van der Waals surface area (Å²) in [4.78, 5) is 0. The van der Waals surface area contributed by atoms with E-state index in [1.54, 1.807) is 5.57 Å². The highest BCUT2D eigenvalue weighted by molar-refractivity contribution is 5.21. The van der Waals surface area contributed by atoms with Crippen molar-refractivity contribution in [3.05, 3.63) is 23.8 Å². The number of rotatable bonds is 6. The molecule has 16 heavy (non-hydrogen) atoms. The molecule has 2 aliphatic carbocycles. The molecule has 0 atom stereocenters. The number of hydrogen-bond acceptors (Lipinski definition) is 0. The zero-order valence-electron chi connectivity index (χ0n) is 10.6. The molecule has 2 aliphatic rings. The lowest BCUT2D eigenvalue weighted by atomic mass is 9.97. The lowest BCUT2D eigenvalue weighted by molar-refractivity contribution is 0.468. The van der Waals surface area contributed by atoms with Gasteiger partial charge in [-0.3, -0.25) is 0 Å². The molecular formula is C16H26. The van der Waals surface area contributed by atoms with Crippen LogP contribution in [0.25, 0.3) is 0 Å². The maximum Gasteiger partial charge on any atom is -0.0282 e.